The average Bonchev–Trinajstić information content (AvgIpc) is 3.07. The summed E-state index contributed by atoms with van der Waals surface area (Å²) in [5.41, 5.74) is 0. The minimum absolute atomic E-state index is 0. The summed E-state index contributed by atoms with van der Waals surface area (Å²) < 4.78 is 90.6. The Morgan fingerprint density at radius 3 is 0.771 bits per heavy atom. The van der Waals surface area contributed by atoms with Crippen LogP contribution in [0.3, 0.4) is 0 Å². The maximum absolute atomic E-state index is 11.1. The first kappa shape index (κ1) is 92.9. The Morgan fingerprint density at radius 2 is 0.600 bits per heavy atom. The third kappa shape index (κ3) is 53.5. The maximum Gasteiger partial charge on any atom is 2.00 e. The SMILES string of the molecule is CCCCCCCCCCCCCCCC[n+]1ccccc1.O=C([O-])O.O=P([O-])([O-])O[C@H]1[C@H](OP(=O)([O-])[O-])[C@@H](OP(=O)([O-])[O-])[C@H](OP(=O)([O-])[O-])[C@@H](OP(=O)([O-])[O-])[C@H]1OP(=O)([O-])[O-].[Cl-].[Cu+2].[Cu+2].[Cu+2].[Cu+2].[Cu+2].[Cu+2].[Na+]. The molecule has 1 saturated carbocycles. The molecule has 1 N–H and O–H groups in total. The molecule has 0 saturated heterocycles. The number of aryl methyl sites for hydroxylation is 1. The van der Waals surface area contributed by atoms with Gasteiger partial charge in [0, 0.05) is 18.6 Å². The molecule has 1 aliphatic rings. The van der Waals surface area contributed by atoms with Crippen molar-refractivity contribution in [2.75, 3.05) is 0 Å². The van der Waals surface area contributed by atoms with Crippen molar-refractivity contribution < 1.29 is 277 Å². The first-order valence-electron chi connectivity index (χ1n) is 18.3. The van der Waals surface area contributed by atoms with E-state index in [1.54, 1.807) is 0 Å². The summed E-state index contributed by atoms with van der Waals surface area (Å²) in [7, 11) is -40.1. The van der Waals surface area contributed by atoms with E-state index in [2.05, 4.69) is 69.2 Å². The predicted molar refractivity (Wildman–Crippen MR) is 180 cm³/mol. The van der Waals surface area contributed by atoms with E-state index in [0.29, 0.717) is 0 Å². The Bertz CT molecular complexity index is 1520. The van der Waals surface area contributed by atoms with Crippen molar-refractivity contribution in [3.63, 3.8) is 0 Å². The van der Waals surface area contributed by atoms with Crippen LogP contribution in [0.2, 0.25) is 0 Å². The fourth-order valence-corrected chi connectivity index (χ4v) is 9.04. The molecule has 70 heavy (non-hydrogen) atoms. The van der Waals surface area contributed by atoms with E-state index in [0.717, 1.165) is 0 Å². The second-order valence-electron chi connectivity index (χ2n) is 13.1. The van der Waals surface area contributed by atoms with Gasteiger partial charge in [0.05, 0.1) is 46.9 Å². The van der Waals surface area contributed by atoms with E-state index in [-0.39, 0.29) is 144 Å². The molecule has 2 rings (SSSR count). The van der Waals surface area contributed by atoms with E-state index in [1.165, 1.54) is 96.4 Å². The summed E-state index contributed by atoms with van der Waals surface area (Å²) in [5, 5.41) is 15.3. The van der Waals surface area contributed by atoms with Crippen molar-refractivity contribution in [2.45, 2.75) is 140 Å². The van der Waals surface area contributed by atoms with Crippen molar-refractivity contribution in [3.8, 4) is 0 Å². The molecule has 28 nitrogen and oxygen atoms in total. The zero-order chi connectivity index (χ0) is 48.0. The number of hydrogen-bond donors (Lipinski definition) is 1. The zero-order valence-corrected chi connectivity index (χ0v) is 49.6. The summed E-state index contributed by atoms with van der Waals surface area (Å²) >= 11 is 0. The largest absolute Gasteiger partial charge is 2.00 e. The number of carboxylic acid groups (broad SMARTS) is 2. The van der Waals surface area contributed by atoms with Gasteiger partial charge >= 0.3 is 132 Å². The number of aromatic nitrogens is 1. The monoisotopic (exact) mass is 1450 g/mol. The van der Waals surface area contributed by atoms with Gasteiger partial charge in [-0.05, 0) is 6.42 Å². The van der Waals surface area contributed by atoms with Crippen LogP contribution in [0.1, 0.15) is 96.8 Å². The van der Waals surface area contributed by atoms with Gasteiger partial charge in [-0.3, -0.25) is 0 Å². The molecule has 0 unspecified atom stereocenters. The standard InChI is InChI=1S/C21H38N.C6H18O24P6.CH2O3.ClH.6Cu.Na/c1-2-3-4-5-6-7-8-9-10-11-12-13-14-16-19-22-20-17-15-18-21-22;7-31(8,9)25-1-2(26-32(10,11)12)4(28-34(16,17)18)6(30-36(22,23)24)5(29-35(19,20)21)3(1)27-33(13,14)15;2-1(3)4;;;;;;;;/h15,17-18,20-21H,2-14,16,19H2,1H3;1-6H,(H2,7,8,9)(H2,10,11,12)(H2,13,14,15)(H2,16,17,18)(H2,19,20,21)(H2,22,23,24);(H2,2,3,4);1H;;;;;;;/q+1;;;;6*+2;+1/p-14/t;1-,2-,3-,4+,5-,6-;;;;;;;;;. The Kier molecular flexibility index (Phi) is 61.4. The van der Waals surface area contributed by atoms with Crippen LogP contribution in [0.4, 0.5) is 4.79 Å². The number of phosphoric ester groups is 6. The Morgan fingerprint density at radius 1 is 0.429 bits per heavy atom. The van der Waals surface area contributed by atoms with Gasteiger partial charge in [0.25, 0.3) is 0 Å². The Labute approximate surface area is 496 Å². The van der Waals surface area contributed by atoms with Crippen LogP contribution >= 0.6 is 46.9 Å². The summed E-state index contributed by atoms with van der Waals surface area (Å²) in [6.07, 6.45) is 0.860. The predicted octanol–water partition coefficient (Wildman–Crippen LogP) is -11.4. The van der Waals surface area contributed by atoms with Crippen LogP contribution in [0.15, 0.2) is 30.6 Å². The van der Waals surface area contributed by atoms with E-state index in [9.17, 15) is 86.1 Å². The normalized spacial score (nSPS) is 18.9. The minimum Gasteiger partial charge on any atom is -1.00 e. The third-order valence-electron chi connectivity index (χ3n) is 7.99. The fourth-order valence-electron chi connectivity index (χ4n) is 5.81. The van der Waals surface area contributed by atoms with Gasteiger partial charge in [0.1, 0.15) is 43.2 Å². The van der Waals surface area contributed by atoms with Gasteiger partial charge in [-0.1, -0.05) is 90.0 Å². The number of carbonyl (C=O) groups is 1. The number of halogens is 1. The van der Waals surface area contributed by atoms with E-state index in [4.69, 9.17) is 15.0 Å². The minimum atomic E-state index is -6.68. The first-order valence-corrected chi connectivity index (χ1v) is 27.1. The molecular formula is C28H45ClCu6NNaO27P6. The molecular weight excluding hydrogens is 1410 g/mol. The molecule has 0 spiro atoms. The number of nitrogens with zero attached hydrogens (tertiary/aromatic N) is 1. The quantitative estimate of drug-likeness (QED) is 0.0370. The topological polar surface area (TPSA) is 499 Å². The van der Waals surface area contributed by atoms with Crippen molar-refractivity contribution in [1.82, 2.24) is 0 Å². The summed E-state index contributed by atoms with van der Waals surface area (Å²) in [6.45, 7) is 3.47. The van der Waals surface area contributed by atoms with Crippen LogP contribution in [0.5, 0.6) is 0 Å². The molecule has 0 amide bonds. The molecule has 42 heteroatoms. The molecule has 1 aromatic heterocycles. The first-order chi connectivity index (χ1) is 28.2. The fraction of sp³-hybridized carbons (Fsp3) is 0.786. The van der Waals surface area contributed by atoms with Crippen molar-refractivity contribution in [1.29, 1.82) is 0 Å². The molecule has 1 aromatic rings. The molecule has 6 radical (unpaired) electrons. The van der Waals surface area contributed by atoms with Crippen LogP contribution in [-0.4, -0.2) is 47.9 Å². The van der Waals surface area contributed by atoms with Crippen molar-refractivity contribution >= 4 is 53.1 Å². The van der Waals surface area contributed by atoms with Crippen LogP contribution in [0.25, 0.3) is 0 Å². The molecule has 428 valence electrons. The molecule has 0 bridgehead atoms. The second kappa shape index (κ2) is 46.3. The van der Waals surface area contributed by atoms with Gasteiger partial charge < -0.3 is 141 Å². The van der Waals surface area contributed by atoms with Crippen molar-refractivity contribution in [3.05, 3.63) is 30.6 Å². The summed E-state index contributed by atoms with van der Waals surface area (Å²) in [4.78, 5) is 142. The van der Waals surface area contributed by atoms with Crippen LogP contribution < -0.4 is 110 Å². The molecule has 0 aromatic carbocycles. The molecule has 1 heterocycles. The number of hydrogen-bond acceptors (Lipinski definition) is 26. The van der Waals surface area contributed by atoms with E-state index in [1.807, 2.05) is 0 Å². The third-order valence-corrected chi connectivity index (χ3v) is 11.0. The number of rotatable bonds is 27. The zero-order valence-electron chi connectivity index (χ0n) is 35.8. The summed E-state index contributed by atoms with van der Waals surface area (Å²) in [6, 6.07) is 6.31. The number of phosphoric acid groups is 6. The van der Waals surface area contributed by atoms with Crippen LogP contribution in [0, 0.1) is 0 Å². The van der Waals surface area contributed by atoms with Crippen molar-refractivity contribution in [2.24, 2.45) is 0 Å². The van der Waals surface area contributed by atoms with E-state index < -0.39 is 89.7 Å². The van der Waals surface area contributed by atoms with Gasteiger partial charge in [0.15, 0.2) is 12.4 Å². The van der Waals surface area contributed by atoms with Gasteiger partial charge in [-0.2, -0.15) is 0 Å². The van der Waals surface area contributed by atoms with Gasteiger partial charge in [0.2, 0.25) is 6.16 Å². The van der Waals surface area contributed by atoms with Gasteiger partial charge in [-0.15, -0.1) is 0 Å². The second-order valence-corrected chi connectivity index (χ2v) is 19.7. The number of pyridine rings is 1. The Hall–Kier alpha value is 3.49. The summed E-state index contributed by atoms with van der Waals surface area (Å²) in [5.74, 6) is 0. The molecule has 0 atom stereocenters. The number of unbranched alkanes of at least 4 members (excludes halogenated alkanes) is 13. The smallest absolute Gasteiger partial charge is 1.00 e. The van der Waals surface area contributed by atoms with E-state index >= 15 is 0 Å². The van der Waals surface area contributed by atoms with Crippen LogP contribution in [-0.2, 0) is 163 Å². The molecule has 1 aliphatic carbocycles. The maximum atomic E-state index is 11.1. The van der Waals surface area contributed by atoms with Gasteiger partial charge in [-0.25, -0.2) is 4.57 Å². The average molecular weight is 1450 g/mol. The molecule has 0 aliphatic heterocycles. The Balaban J connectivity index is -0.000000136. The molecule has 1 fully saturated rings.